The first-order chi connectivity index (χ1) is 11.9. The summed E-state index contributed by atoms with van der Waals surface area (Å²) in [4.78, 5) is 23.8. The van der Waals surface area contributed by atoms with Crippen molar-refractivity contribution < 1.29 is 14.3 Å². The lowest BCUT2D eigenvalue weighted by Gasteiger charge is -2.14. The Balaban J connectivity index is 2.04. The largest absolute Gasteiger partial charge is 0.465 e. The average molecular weight is 361 g/mol. The van der Waals surface area contributed by atoms with Crippen LogP contribution in [0, 0.1) is 0 Å². The second-order valence-electron chi connectivity index (χ2n) is 5.83. The van der Waals surface area contributed by atoms with E-state index in [4.69, 9.17) is 11.6 Å². The lowest BCUT2D eigenvalue weighted by molar-refractivity contribution is -0.114. The summed E-state index contributed by atoms with van der Waals surface area (Å²) in [6, 6.07) is 12.4. The Bertz CT molecular complexity index is 775. The first-order valence-corrected chi connectivity index (χ1v) is 8.30. The molecule has 0 saturated carbocycles. The van der Waals surface area contributed by atoms with Crippen LogP contribution in [-0.2, 0) is 9.53 Å². The van der Waals surface area contributed by atoms with Gasteiger partial charge < -0.3 is 15.4 Å². The van der Waals surface area contributed by atoms with Crippen molar-refractivity contribution in [1.82, 2.24) is 0 Å². The van der Waals surface area contributed by atoms with E-state index in [9.17, 15) is 9.59 Å². The second-order valence-corrected chi connectivity index (χ2v) is 6.24. The van der Waals surface area contributed by atoms with Crippen molar-refractivity contribution in [2.24, 2.45) is 0 Å². The van der Waals surface area contributed by atoms with Crippen molar-refractivity contribution in [3.8, 4) is 0 Å². The fourth-order valence-corrected chi connectivity index (χ4v) is 2.57. The van der Waals surface area contributed by atoms with Crippen LogP contribution in [-0.4, -0.2) is 25.5 Å². The third-order valence-corrected chi connectivity index (χ3v) is 4.01. The van der Waals surface area contributed by atoms with Crippen LogP contribution in [0.15, 0.2) is 42.5 Å². The fourth-order valence-electron chi connectivity index (χ4n) is 2.39. The standard InChI is InChI=1S/C19H21ClN2O3/c1-12(2)14-6-4-5-7-16(14)22-18(23)11-21-17-10-13(19(24)25-3)8-9-15(17)20/h4-10,12,21H,11H2,1-3H3,(H,22,23). The molecule has 2 N–H and O–H groups in total. The van der Waals surface area contributed by atoms with Crippen LogP contribution in [0.1, 0.15) is 35.7 Å². The highest BCUT2D eigenvalue weighted by Crippen LogP contribution is 2.25. The summed E-state index contributed by atoms with van der Waals surface area (Å²) in [7, 11) is 1.31. The number of rotatable bonds is 6. The molecule has 1 amide bonds. The monoisotopic (exact) mass is 360 g/mol. The average Bonchev–Trinajstić information content (AvgIpc) is 2.60. The molecule has 0 heterocycles. The lowest BCUT2D eigenvalue weighted by atomic mass is 10.0. The van der Waals surface area contributed by atoms with Crippen molar-refractivity contribution in [3.63, 3.8) is 0 Å². The van der Waals surface area contributed by atoms with E-state index in [2.05, 4.69) is 29.2 Å². The molecule has 0 aromatic heterocycles. The number of nitrogens with one attached hydrogen (secondary N) is 2. The molecule has 0 fully saturated rings. The predicted molar refractivity (Wildman–Crippen MR) is 100 cm³/mol. The zero-order chi connectivity index (χ0) is 18.4. The molecule has 6 heteroatoms. The number of carbonyl (C=O) groups is 2. The van der Waals surface area contributed by atoms with Crippen LogP contribution in [0.2, 0.25) is 5.02 Å². The molecular formula is C19H21ClN2O3. The number of hydrogen-bond acceptors (Lipinski definition) is 4. The van der Waals surface area contributed by atoms with Crippen LogP contribution >= 0.6 is 11.6 Å². The van der Waals surface area contributed by atoms with Gasteiger partial charge in [-0.2, -0.15) is 0 Å². The topological polar surface area (TPSA) is 67.4 Å². The van der Waals surface area contributed by atoms with Gasteiger partial charge in [0.1, 0.15) is 0 Å². The number of esters is 1. The Hall–Kier alpha value is -2.53. The SMILES string of the molecule is COC(=O)c1ccc(Cl)c(NCC(=O)Nc2ccccc2C(C)C)c1. The number of anilines is 2. The maximum Gasteiger partial charge on any atom is 0.337 e. The van der Waals surface area contributed by atoms with Crippen molar-refractivity contribution in [2.45, 2.75) is 19.8 Å². The van der Waals surface area contributed by atoms with Gasteiger partial charge >= 0.3 is 5.97 Å². The van der Waals surface area contributed by atoms with E-state index < -0.39 is 5.97 Å². The smallest absolute Gasteiger partial charge is 0.337 e. The maximum atomic E-state index is 12.2. The number of amides is 1. The minimum Gasteiger partial charge on any atom is -0.465 e. The van der Waals surface area contributed by atoms with E-state index >= 15 is 0 Å². The van der Waals surface area contributed by atoms with Gasteiger partial charge in [-0.05, 0) is 35.7 Å². The van der Waals surface area contributed by atoms with Crippen LogP contribution in [0.3, 0.4) is 0 Å². The highest BCUT2D eigenvalue weighted by Gasteiger charge is 2.12. The van der Waals surface area contributed by atoms with Gasteiger partial charge in [0, 0.05) is 5.69 Å². The Kier molecular flexibility index (Phi) is 6.42. The molecule has 0 aliphatic heterocycles. The van der Waals surface area contributed by atoms with Gasteiger partial charge in [0.05, 0.1) is 29.9 Å². The molecule has 0 aliphatic rings. The van der Waals surface area contributed by atoms with E-state index in [1.165, 1.54) is 7.11 Å². The summed E-state index contributed by atoms with van der Waals surface area (Å²) in [6.07, 6.45) is 0. The van der Waals surface area contributed by atoms with Gasteiger partial charge in [-0.1, -0.05) is 43.6 Å². The molecule has 25 heavy (non-hydrogen) atoms. The number of carbonyl (C=O) groups excluding carboxylic acids is 2. The van der Waals surface area contributed by atoms with E-state index in [1.807, 2.05) is 24.3 Å². The fraction of sp³-hybridized carbons (Fsp3) is 0.263. The van der Waals surface area contributed by atoms with E-state index in [0.29, 0.717) is 22.2 Å². The number of methoxy groups -OCH3 is 1. The Morgan fingerprint density at radius 3 is 2.52 bits per heavy atom. The lowest BCUT2D eigenvalue weighted by Crippen LogP contribution is -2.22. The number of halogens is 1. The summed E-state index contributed by atoms with van der Waals surface area (Å²) in [5, 5.41) is 6.26. The van der Waals surface area contributed by atoms with Gasteiger partial charge in [0.15, 0.2) is 0 Å². The van der Waals surface area contributed by atoms with Gasteiger partial charge in [-0.15, -0.1) is 0 Å². The van der Waals surface area contributed by atoms with Crippen LogP contribution in [0.4, 0.5) is 11.4 Å². The number of benzene rings is 2. The second kappa shape index (κ2) is 8.53. The molecule has 0 bridgehead atoms. The number of hydrogen-bond donors (Lipinski definition) is 2. The molecule has 2 aromatic rings. The molecule has 0 radical (unpaired) electrons. The molecule has 0 aliphatic carbocycles. The quantitative estimate of drug-likeness (QED) is 0.753. The van der Waals surface area contributed by atoms with Gasteiger partial charge in [0.2, 0.25) is 5.91 Å². The molecule has 0 spiro atoms. The molecule has 2 rings (SSSR count). The third kappa shape index (κ3) is 4.97. The zero-order valence-corrected chi connectivity index (χ0v) is 15.2. The molecule has 5 nitrogen and oxygen atoms in total. The number of para-hydroxylation sites is 1. The highest BCUT2D eigenvalue weighted by molar-refractivity contribution is 6.33. The zero-order valence-electron chi connectivity index (χ0n) is 14.4. The van der Waals surface area contributed by atoms with Gasteiger partial charge in [0.25, 0.3) is 0 Å². The van der Waals surface area contributed by atoms with Crippen molar-refractivity contribution in [2.75, 3.05) is 24.3 Å². The Labute approximate surface area is 152 Å². The van der Waals surface area contributed by atoms with Crippen LogP contribution in [0.5, 0.6) is 0 Å². The highest BCUT2D eigenvalue weighted by atomic mass is 35.5. The summed E-state index contributed by atoms with van der Waals surface area (Å²) in [5.41, 5.74) is 2.72. The maximum absolute atomic E-state index is 12.2. The molecule has 0 unspecified atom stereocenters. The van der Waals surface area contributed by atoms with E-state index in [1.54, 1.807) is 18.2 Å². The van der Waals surface area contributed by atoms with E-state index in [0.717, 1.165) is 11.3 Å². The van der Waals surface area contributed by atoms with Gasteiger partial charge in [-0.3, -0.25) is 4.79 Å². The third-order valence-electron chi connectivity index (χ3n) is 3.68. The van der Waals surface area contributed by atoms with Crippen molar-refractivity contribution >= 4 is 34.9 Å². The Morgan fingerprint density at radius 2 is 1.84 bits per heavy atom. The molecule has 132 valence electrons. The molecule has 0 saturated heterocycles. The molecular weight excluding hydrogens is 340 g/mol. The van der Waals surface area contributed by atoms with Crippen molar-refractivity contribution in [3.05, 3.63) is 58.6 Å². The van der Waals surface area contributed by atoms with E-state index in [-0.39, 0.29) is 12.5 Å². The van der Waals surface area contributed by atoms with Gasteiger partial charge in [-0.25, -0.2) is 4.79 Å². The minimum atomic E-state index is -0.463. The first-order valence-electron chi connectivity index (χ1n) is 7.93. The molecule has 2 aromatic carbocycles. The summed E-state index contributed by atoms with van der Waals surface area (Å²) in [6.45, 7) is 4.17. The predicted octanol–water partition coefficient (Wildman–Crippen LogP) is 4.30. The summed E-state index contributed by atoms with van der Waals surface area (Å²) in [5.74, 6) is -0.363. The minimum absolute atomic E-state index is 0.0246. The normalized spacial score (nSPS) is 10.4. The number of ether oxygens (including phenoxy) is 1. The summed E-state index contributed by atoms with van der Waals surface area (Å²) >= 11 is 6.11. The van der Waals surface area contributed by atoms with Crippen LogP contribution < -0.4 is 10.6 Å². The van der Waals surface area contributed by atoms with Crippen molar-refractivity contribution in [1.29, 1.82) is 0 Å². The Morgan fingerprint density at radius 1 is 1.12 bits per heavy atom. The molecule has 0 atom stereocenters. The first kappa shape index (κ1) is 18.8. The summed E-state index contributed by atoms with van der Waals surface area (Å²) < 4.78 is 4.68. The van der Waals surface area contributed by atoms with Crippen LogP contribution in [0.25, 0.3) is 0 Å².